The van der Waals surface area contributed by atoms with Gasteiger partial charge >= 0.3 is 0 Å². The highest BCUT2D eigenvalue weighted by Gasteiger charge is 2.15. The van der Waals surface area contributed by atoms with Crippen molar-refractivity contribution in [3.8, 4) is 0 Å². The van der Waals surface area contributed by atoms with Crippen molar-refractivity contribution < 1.29 is 0 Å². The van der Waals surface area contributed by atoms with Gasteiger partial charge in [0.2, 0.25) is 0 Å². The Morgan fingerprint density at radius 1 is 1.05 bits per heavy atom. The van der Waals surface area contributed by atoms with E-state index in [1.165, 1.54) is 34.4 Å². The van der Waals surface area contributed by atoms with Gasteiger partial charge in [0.25, 0.3) is 0 Å². The van der Waals surface area contributed by atoms with Crippen LogP contribution in [0.2, 0.25) is 0 Å². The minimum atomic E-state index is 0.929. The molecule has 1 heterocycles. The molecule has 0 atom stereocenters. The van der Waals surface area contributed by atoms with E-state index >= 15 is 0 Å². The molecule has 0 saturated heterocycles. The summed E-state index contributed by atoms with van der Waals surface area (Å²) in [6.07, 6.45) is 1.18. The van der Waals surface area contributed by atoms with Gasteiger partial charge in [0.1, 0.15) is 0 Å². The summed E-state index contributed by atoms with van der Waals surface area (Å²) in [6, 6.07) is 15.5. The third kappa shape index (κ3) is 2.86. The molecule has 1 N–H and O–H groups in total. The fourth-order valence-corrected chi connectivity index (χ4v) is 2.90. The Bertz CT molecular complexity index is 604. The summed E-state index contributed by atoms with van der Waals surface area (Å²) in [5.41, 5.74) is 6.94. The number of hydrogen-bond acceptors (Lipinski definition) is 2. The number of rotatable bonds is 4. The highest BCUT2D eigenvalue weighted by Crippen LogP contribution is 2.27. The molecule has 0 aliphatic carbocycles. The number of hydrogen-bond donors (Lipinski definition) is 1. The Morgan fingerprint density at radius 2 is 1.85 bits per heavy atom. The van der Waals surface area contributed by atoms with Gasteiger partial charge in [-0.25, -0.2) is 0 Å². The Labute approximate surface area is 121 Å². The van der Waals surface area contributed by atoms with Gasteiger partial charge in [-0.1, -0.05) is 42.0 Å². The van der Waals surface area contributed by atoms with Crippen LogP contribution in [0.1, 0.15) is 22.3 Å². The van der Waals surface area contributed by atoms with E-state index in [0.29, 0.717) is 0 Å². The van der Waals surface area contributed by atoms with Crippen molar-refractivity contribution in [2.75, 3.05) is 18.5 Å². The average molecular weight is 266 g/mol. The van der Waals surface area contributed by atoms with Crippen LogP contribution in [-0.4, -0.2) is 13.6 Å². The number of aryl methyl sites for hydroxylation is 1. The van der Waals surface area contributed by atoms with Crippen LogP contribution in [0, 0.1) is 6.92 Å². The van der Waals surface area contributed by atoms with Crippen molar-refractivity contribution in [3.63, 3.8) is 0 Å². The Hall–Kier alpha value is -1.80. The van der Waals surface area contributed by atoms with Gasteiger partial charge in [-0.2, -0.15) is 0 Å². The predicted octanol–water partition coefficient (Wildman–Crippen LogP) is 3.28. The van der Waals surface area contributed by atoms with E-state index in [0.717, 1.165) is 19.6 Å². The van der Waals surface area contributed by atoms with Crippen LogP contribution in [0.5, 0.6) is 0 Å². The van der Waals surface area contributed by atoms with Gasteiger partial charge < -0.3 is 10.2 Å². The van der Waals surface area contributed by atoms with Crippen LogP contribution < -0.4 is 10.2 Å². The molecule has 104 valence electrons. The molecule has 1 aliphatic heterocycles. The zero-order valence-electron chi connectivity index (χ0n) is 12.3. The van der Waals surface area contributed by atoms with E-state index in [1.54, 1.807) is 0 Å². The molecular formula is C18H22N2. The molecule has 0 radical (unpaired) electrons. The normalized spacial score (nSPS) is 13.6. The Morgan fingerprint density at radius 3 is 2.65 bits per heavy atom. The Balaban J connectivity index is 1.59. The van der Waals surface area contributed by atoms with Crippen molar-refractivity contribution in [1.82, 2.24) is 5.32 Å². The third-order valence-corrected chi connectivity index (χ3v) is 4.01. The summed E-state index contributed by atoms with van der Waals surface area (Å²) < 4.78 is 0. The van der Waals surface area contributed by atoms with Crippen molar-refractivity contribution >= 4 is 5.69 Å². The van der Waals surface area contributed by atoms with Crippen LogP contribution in [0.3, 0.4) is 0 Å². The van der Waals surface area contributed by atoms with Gasteiger partial charge in [-0.15, -0.1) is 0 Å². The molecule has 2 heteroatoms. The number of nitrogens with zero attached hydrogens (tertiary/aromatic N) is 1. The quantitative estimate of drug-likeness (QED) is 0.913. The predicted molar refractivity (Wildman–Crippen MR) is 85.1 cm³/mol. The van der Waals surface area contributed by atoms with E-state index in [4.69, 9.17) is 0 Å². The van der Waals surface area contributed by atoms with E-state index < -0.39 is 0 Å². The molecule has 0 amide bonds. The summed E-state index contributed by atoms with van der Waals surface area (Å²) >= 11 is 0. The molecule has 0 bridgehead atoms. The molecule has 2 aromatic rings. The lowest BCUT2D eigenvalue weighted by Gasteiger charge is -2.12. The van der Waals surface area contributed by atoms with Crippen LogP contribution in [-0.2, 0) is 19.5 Å². The number of benzene rings is 2. The lowest BCUT2D eigenvalue weighted by atomic mass is 10.1. The minimum Gasteiger partial charge on any atom is -0.374 e. The second-order valence-corrected chi connectivity index (χ2v) is 5.73. The van der Waals surface area contributed by atoms with Gasteiger partial charge in [-0.3, -0.25) is 0 Å². The number of nitrogens with one attached hydrogen (secondary N) is 1. The second kappa shape index (κ2) is 5.68. The molecule has 0 saturated carbocycles. The maximum atomic E-state index is 3.53. The highest BCUT2D eigenvalue weighted by molar-refractivity contribution is 5.58. The number of anilines is 1. The summed E-state index contributed by atoms with van der Waals surface area (Å²) in [5.74, 6) is 0. The fraction of sp³-hybridized carbons (Fsp3) is 0.333. The van der Waals surface area contributed by atoms with E-state index in [1.807, 2.05) is 0 Å². The van der Waals surface area contributed by atoms with Crippen LogP contribution in [0.25, 0.3) is 0 Å². The SMILES string of the molecule is Cc1cccc(CNCc2ccc3c(c2)CCN3C)c1. The highest BCUT2D eigenvalue weighted by atomic mass is 15.1. The van der Waals surface area contributed by atoms with E-state index in [2.05, 4.69) is 66.7 Å². The molecule has 0 fully saturated rings. The first-order valence-electron chi connectivity index (χ1n) is 7.31. The minimum absolute atomic E-state index is 0.929. The first-order valence-corrected chi connectivity index (χ1v) is 7.31. The van der Waals surface area contributed by atoms with Crippen LogP contribution in [0.4, 0.5) is 5.69 Å². The van der Waals surface area contributed by atoms with Crippen LogP contribution in [0.15, 0.2) is 42.5 Å². The molecule has 0 unspecified atom stereocenters. The molecule has 2 aromatic carbocycles. The van der Waals surface area contributed by atoms with Crippen molar-refractivity contribution in [2.24, 2.45) is 0 Å². The largest absolute Gasteiger partial charge is 0.374 e. The standard InChI is InChI=1S/C18H22N2/c1-14-4-3-5-15(10-14)12-19-13-16-6-7-18-17(11-16)8-9-20(18)2/h3-7,10-11,19H,8-9,12-13H2,1-2H3. The zero-order chi connectivity index (χ0) is 13.9. The van der Waals surface area contributed by atoms with E-state index in [-0.39, 0.29) is 0 Å². The third-order valence-electron chi connectivity index (χ3n) is 4.01. The summed E-state index contributed by atoms with van der Waals surface area (Å²) in [6.45, 7) is 5.15. The molecule has 0 aromatic heterocycles. The summed E-state index contributed by atoms with van der Waals surface area (Å²) in [4.78, 5) is 2.33. The average Bonchev–Trinajstić information content (AvgIpc) is 2.80. The van der Waals surface area contributed by atoms with Gasteiger partial charge in [0.05, 0.1) is 0 Å². The van der Waals surface area contributed by atoms with Gasteiger partial charge in [-0.05, 0) is 36.1 Å². The molecule has 20 heavy (non-hydrogen) atoms. The van der Waals surface area contributed by atoms with Crippen molar-refractivity contribution in [3.05, 3.63) is 64.7 Å². The Kier molecular flexibility index (Phi) is 3.75. The van der Waals surface area contributed by atoms with Crippen molar-refractivity contribution in [2.45, 2.75) is 26.4 Å². The topological polar surface area (TPSA) is 15.3 Å². The van der Waals surface area contributed by atoms with Crippen LogP contribution >= 0.6 is 0 Å². The first kappa shape index (κ1) is 13.2. The van der Waals surface area contributed by atoms with E-state index in [9.17, 15) is 0 Å². The van der Waals surface area contributed by atoms with Gasteiger partial charge in [0, 0.05) is 32.4 Å². The van der Waals surface area contributed by atoms with Crippen molar-refractivity contribution in [1.29, 1.82) is 0 Å². The monoisotopic (exact) mass is 266 g/mol. The molecule has 2 nitrogen and oxygen atoms in total. The second-order valence-electron chi connectivity index (χ2n) is 5.73. The lowest BCUT2D eigenvalue weighted by molar-refractivity contribution is 0.692. The smallest absolute Gasteiger partial charge is 0.0397 e. The summed E-state index contributed by atoms with van der Waals surface area (Å²) in [5, 5.41) is 3.53. The number of fused-ring (bicyclic) bond motifs is 1. The maximum absolute atomic E-state index is 3.53. The molecular weight excluding hydrogens is 244 g/mol. The fourth-order valence-electron chi connectivity index (χ4n) is 2.90. The molecule has 3 rings (SSSR count). The molecule has 0 spiro atoms. The zero-order valence-corrected chi connectivity index (χ0v) is 12.3. The van der Waals surface area contributed by atoms with Gasteiger partial charge in [0.15, 0.2) is 0 Å². The molecule has 1 aliphatic rings. The maximum Gasteiger partial charge on any atom is 0.0397 e. The lowest BCUT2D eigenvalue weighted by Crippen LogP contribution is -2.13. The summed E-state index contributed by atoms with van der Waals surface area (Å²) in [7, 11) is 2.17. The first-order chi connectivity index (χ1) is 9.72. The number of likely N-dealkylation sites (N-methyl/N-ethyl adjacent to an activating group) is 1.